The van der Waals surface area contributed by atoms with Gasteiger partial charge in [0.15, 0.2) is 0 Å². The van der Waals surface area contributed by atoms with Crippen molar-refractivity contribution in [3.63, 3.8) is 0 Å². The van der Waals surface area contributed by atoms with Gasteiger partial charge in [-0.1, -0.05) is 5.11 Å². The van der Waals surface area contributed by atoms with E-state index in [0.717, 1.165) is 0 Å². The minimum Gasteiger partial charge on any atom is -0.497 e. The molecule has 8 heteroatoms. The molecule has 2 rings (SSSR count). The summed E-state index contributed by atoms with van der Waals surface area (Å²) in [6.45, 7) is 2.26. The number of aromatic nitrogens is 3. The van der Waals surface area contributed by atoms with Gasteiger partial charge in [0.1, 0.15) is 11.6 Å². The molecule has 0 aliphatic rings. The van der Waals surface area contributed by atoms with Gasteiger partial charge in [0.05, 0.1) is 12.8 Å². The molecule has 2 aromatic rings. The Balaban J connectivity index is 2.35. The molecule has 0 N–H and O–H groups in total. The molecule has 1 aromatic carbocycles. The Morgan fingerprint density at radius 3 is 2.70 bits per heavy atom. The third-order valence-corrected chi connectivity index (χ3v) is 2.85. The zero-order valence-corrected chi connectivity index (χ0v) is 11.2. The zero-order valence-electron chi connectivity index (χ0n) is 11.2. The second kappa shape index (κ2) is 5.94. The van der Waals surface area contributed by atoms with Crippen LogP contribution in [0.25, 0.3) is 16.1 Å². The fourth-order valence-corrected chi connectivity index (χ4v) is 1.83. The predicted octanol–water partition coefficient (Wildman–Crippen LogP) is 1.66. The van der Waals surface area contributed by atoms with Crippen LogP contribution in [-0.4, -0.2) is 28.0 Å². The minimum atomic E-state index is -0.263. The summed E-state index contributed by atoms with van der Waals surface area (Å²) in [5.41, 5.74) is 8.64. The van der Waals surface area contributed by atoms with Crippen LogP contribution in [0.3, 0.4) is 0 Å². The van der Waals surface area contributed by atoms with Crippen molar-refractivity contribution in [2.75, 3.05) is 13.7 Å². The van der Waals surface area contributed by atoms with Gasteiger partial charge in [0.25, 0.3) is 0 Å². The standard InChI is InChI=1S/C12H14N6O2/c1-9-15-18(10-3-5-11(20-2)6-4-10)12(19)17(9)8-7-14-16-13/h3-6H,7-8H2,1-2H3. The quantitative estimate of drug-likeness (QED) is 0.471. The van der Waals surface area contributed by atoms with Crippen molar-refractivity contribution in [2.24, 2.45) is 5.11 Å². The Labute approximate surface area is 114 Å². The molecular formula is C12H14N6O2. The number of hydrogen-bond acceptors (Lipinski definition) is 4. The molecule has 0 aliphatic carbocycles. The van der Waals surface area contributed by atoms with Crippen LogP contribution in [0.1, 0.15) is 5.82 Å². The van der Waals surface area contributed by atoms with Crippen LogP contribution < -0.4 is 10.4 Å². The molecule has 1 heterocycles. The summed E-state index contributed by atoms with van der Waals surface area (Å²) in [4.78, 5) is 14.9. The van der Waals surface area contributed by atoms with Gasteiger partial charge in [-0.2, -0.15) is 9.78 Å². The van der Waals surface area contributed by atoms with E-state index in [1.807, 2.05) is 0 Å². The molecule has 1 aromatic heterocycles. The first-order valence-corrected chi connectivity index (χ1v) is 5.99. The fraction of sp³-hybridized carbons (Fsp3) is 0.333. The maximum atomic E-state index is 12.2. The Bertz CT molecular complexity index is 694. The number of methoxy groups -OCH3 is 1. The fourth-order valence-electron chi connectivity index (χ4n) is 1.83. The van der Waals surface area contributed by atoms with Gasteiger partial charge >= 0.3 is 5.69 Å². The highest BCUT2D eigenvalue weighted by Gasteiger charge is 2.10. The highest BCUT2D eigenvalue weighted by molar-refractivity contribution is 5.36. The smallest absolute Gasteiger partial charge is 0.350 e. The van der Waals surface area contributed by atoms with E-state index >= 15 is 0 Å². The first-order chi connectivity index (χ1) is 9.67. The van der Waals surface area contributed by atoms with Gasteiger partial charge in [-0.05, 0) is 36.7 Å². The first-order valence-electron chi connectivity index (χ1n) is 5.99. The Morgan fingerprint density at radius 2 is 2.10 bits per heavy atom. The molecule has 0 atom stereocenters. The predicted molar refractivity (Wildman–Crippen MR) is 73.1 cm³/mol. The largest absolute Gasteiger partial charge is 0.497 e. The molecule has 20 heavy (non-hydrogen) atoms. The molecule has 8 nitrogen and oxygen atoms in total. The van der Waals surface area contributed by atoms with Crippen LogP contribution in [0.15, 0.2) is 34.2 Å². The van der Waals surface area contributed by atoms with E-state index in [1.54, 1.807) is 38.3 Å². The lowest BCUT2D eigenvalue weighted by molar-refractivity contribution is 0.414. The number of aryl methyl sites for hydroxylation is 1. The van der Waals surface area contributed by atoms with Crippen LogP contribution in [0, 0.1) is 6.92 Å². The van der Waals surface area contributed by atoms with Crippen LogP contribution in [0.2, 0.25) is 0 Å². The van der Waals surface area contributed by atoms with E-state index in [2.05, 4.69) is 15.1 Å². The van der Waals surface area contributed by atoms with Gasteiger partial charge in [-0.25, -0.2) is 4.79 Å². The van der Waals surface area contributed by atoms with Gasteiger partial charge in [0, 0.05) is 18.0 Å². The highest BCUT2D eigenvalue weighted by Crippen LogP contribution is 2.13. The van der Waals surface area contributed by atoms with Crippen LogP contribution >= 0.6 is 0 Å². The van der Waals surface area contributed by atoms with Crippen molar-refractivity contribution in [1.82, 2.24) is 14.3 Å². The summed E-state index contributed by atoms with van der Waals surface area (Å²) in [7, 11) is 1.58. The Morgan fingerprint density at radius 1 is 1.40 bits per heavy atom. The Kier molecular flexibility index (Phi) is 4.07. The first kappa shape index (κ1) is 13.7. The summed E-state index contributed by atoms with van der Waals surface area (Å²) in [5.74, 6) is 1.28. The molecular weight excluding hydrogens is 260 g/mol. The van der Waals surface area contributed by atoms with E-state index in [9.17, 15) is 4.79 Å². The lowest BCUT2D eigenvalue weighted by Gasteiger charge is -2.02. The van der Waals surface area contributed by atoms with E-state index in [4.69, 9.17) is 10.3 Å². The Hall–Kier alpha value is -2.73. The van der Waals surface area contributed by atoms with Gasteiger partial charge in [-0.3, -0.25) is 4.57 Å². The van der Waals surface area contributed by atoms with Crippen LogP contribution in [0.5, 0.6) is 5.75 Å². The summed E-state index contributed by atoms with van der Waals surface area (Å²) in [6.07, 6.45) is 0. The summed E-state index contributed by atoms with van der Waals surface area (Å²) in [6, 6.07) is 7.03. The molecule has 0 spiro atoms. The maximum absolute atomic E-state index is 12.2. The highest BCUT2D eigenvalue weighted by atomic mass is 16.5. The van der Waals surface area contributed by atoms with Gasteiger partial charge in [-0.15, -0.1) is 0 Å². The lowest BCUT2D eigenvalue weighted by Crippen LogP contribution is -2.25. The van der Waals surface area contributed by atoms with E-state index in [1.165, 1.54) is 9.25 Å². The molecule has 0 bridgehead atoms. The van der Waals surface area contributed by atoms with E-state index < -0.39 is 0 Å². The molecule has 0 amide bonds. The maximum Gasteiger partial charge on any atom is 0.350 e. The normalized spacial score (nSPS) is 10.1. The van der Waals surface area contributed by atoms with E-state index in [0.29, 0.717) is 23.8 Å². The monoisotopic (exact) mass is 274 g/mol. The average molecular weight is 274 g/mol. The molecule has 0 saturated heterocycles. The molecule has 0 fully saturated rings. The van der Waals surface area contributed by atoms with Crippen molar-refractivity contribution in [3.05, 3.63) is 51.0 Å². The second-order valence-electron chi connectivity index (χ2n) is 4.05. The number of hydrogen-bond donors (Lipinski definition) is 0. The number of rotatable bonds is 5. The van der Waals surface area contributed by atoms with Gasteiger partial charge in [0.2, 0.25) is 0 Å². The van der Waals surface area contributed by atoms with Crippen LogP contribution in [-0.2, 0) is 6.54 Å². The zero-order chi connectivity index (χ0) is 14.5. The third-order valence-electron chi connectivity index (χ3n) is 2.85. The molecule has 0 unspecified atom stereocenters. The van der Waals surface area contributed by atoms with Crippen LogP contribution in [0.4, 0.5) is 0 Å². The summed E-state index contributed by atoms with van der Waals surface area (Å²) < 4.78 is 7.85. The number of benzene rings is 1. The van der Waals surface area contributed by atoms with Crippen molar-refractivity contribution in [3.8, 4) is 11.4 Å². The number of ether oxygens (including phenoxy) is 1. The van der Waals surface area contributed by atoms with E-state index in [-0.39, 0.29) is 12.2 Å². The molecule has 0 radical (unpaired) electrons. The summed E-state index contributed by atoms with van der Waals surface area (Å²) >= 11 is 0. The molecule has 0 saturated carbocycles. The molecule has 0 aliphatic heterocycles. The number of azide groups is 1. The summed E-state index contributed by atoms with van der Waals surface area (Å²) in [5, 5.41) is 7.63. The SMILES string of the molecule is COc1ccc(-n2nc(C)n(CCN=[N+]=[N-])c2=O)cc1. The lowest BCUT2D eigenvalue weighted by atomic mass is 10.3. The van der Waals surface area contributed by atoms with Crippen molar-refractivity contribution in [2.45, 2.75) is 13.5 Å². The second-order valence-corrected chi connectivity index (χ2v) is 4.05. The molecule has 104 valence electrons. The number of nitrogens with zero attached hydrogens (tertiary/aromatic N) is 6. The van der Waals surface area contributed by atoms with Crippen molar-refractivity contribution < 1.29 is 4.74 Å². The minimum absolute atomic E-state index is 0.214. The average Bonchev–Trinajstić information content (AvgIpc) is 2.75. The van der Waals surface area contributed by atoms with Gasteiger partial charge < -0.3 is 4.74 Å². The topological polar surface area (TPSA) is 97.8 Å². The third kappa shape index (κ3) is 2.65. The van der Waals surface area contributed by atoms with Crippen molar-refractivity contribution in [1.29, 1.82) is 0 Å². The van der Waals surface area contributed by atoms with Crippen molar-refractivity contribution >= 4 is 0 Å².